The second-order valence-electron chi connectivity index (χ2n) is 2.98. The second kappa shape index (κ2) is 5.51. The number of hydrogen-bond donors (Lipinski definition) is 1. The van der Waals surface area contributed by atoms with Crippen molar-refractivity contribution in [1.82, 2.24) is 0 Å². The first-order valence-electron chi connectivity index (χ1n) is 4.32. The van der Waals surface area contributed by atoms with Gasteiger partial charge >= 0.3 is 18.7 Å². The summed E-state index contributed by atoms with van der Waals surface area (Å²) >= 11 is 2.83. The van der Waals surface area contributed by atoms with Crippen LogP contribution in [0.25, 0.3) is 0 Å². The molecule has 18 heavy (non-hydrogen) atoms. The zero-order valence-corrected chi connectivity index (χ0v) is 9.98. The lowest BCUT2D eigenvalue weighted by Gasteiger charge is -2.10. The van der Waals surface area contributed by atoms with Crippen molar-refractivity contribution in [2.75, 3.05) is 5.32 Å². The summed E-state index contributed by atoms with van der Waals surface area (Å²) in [5, 5.41) is 1.57. The molecule has 1 N–H and O–H groups in total. The lowest BCUT2D eigenvalue weighted by molar-refractivity contribution is -0.167. The van der Waals surface area contributed by atoms with Crippen molar-refractivity contribution in [2.45, 2.75) is 12.8 Å². The van der Waals surface area contributed by atoms with Crippen LogP contribution in [-0.4, -0.2) is 18.7 Å². The predicted molar refractivity (Wildman–Crippen MR) is 55.5 cm³/mol. The van der Waals surface area contributed by atoms with Gasteiger partial charge in [-0.05, 0) is 34.1 Å². The van der Waals surface area contributed by atoms with E-state index >= 15 is 0 Å². The summed E-state index contributed by atoms with van der Waals surface area (Å²) in [6.07, 6.45) is -5.02. The third-order valence-electron chi connectivity index (χ3n) is 1.66. The highest BCUT2D eigenvalue weighted by Gasteiger charge is 2.38. The van der Waals surface area contributed by atoms with Crippen LogP contribution in [0.2, 0.25) is 0 Å². The number of hydrogen-bond acceptors (Lipinski definition) is 2. The van der Waals surface area contributed by atoms with E-state index in [0.717, 1.165) is 18.2 Å². The largest absolute Gasteiger partial charge is 0.471 e. The number of ether oxygens (including phenoxy) is 1. The van der Waals surface area contributed by atoms with Crippen LogP contribution in [0.5, 0.6) is 5.75 Å². The molecule has 0 aromatic heterocycles. The van der Waals surface area contributed by atoms with Crippen LogP contribution in [0.3, 0.4) is 0 Å². The molecule has 0 aliphatic rings. The van der Waals surface area contributed by atoms with Crippen molar-refractivity contribution in [2.24, 2.45) is 0 Å². The number of carbonyl (C=O) groups is 1. The third kappa shape index (κ3) is 4.13. The fourth-order valence-electron chi connectivity index (χ4n) is 0.972. The Labute approximate surface area is 106 Å². The van der Waals surface area contributed by atoms with E-state index < -0.39 is 18.7 Å². The van der Waals surface area contributed by atoms with E-state index in [9.17, 15) is 26.7 Å². The predicted octanol–water partition coefficient (Wildman–Crippen LogP) is 3.55. The molecule has 0 bridgehead atoms. The maximum absolute atomic E-state index is 11.9. The van der Waals surface area contributed by atoms with Gasteiger partial charge < -0.3 is 10.1 Å². The molecule has 0 spiro atoms. The summed E-state index contributed by atoms with van der Waals surface area (Å²) < 4.78 is 63.7. The standard InChI is InChI=1S/C9H5BrF5NO2/c10-5-3-4(16-7(17)9(13,14)15)1-2-6(5)18-8(11)12/h1-3,8H,(H,16,17). The topological polar surface area (TPSA) is 38.3 Å². The molecule has 0 fully saturated rings. The first-order valence-corrected chi connectivity index (χ1v) is 5.12. The molecule has 9 heteroatoms. The van der Waals surface area contributed by atoms with Gasteiger partial charge in [0.05, 0.1) is 4.47 Å². The molecule has 0 radical (unpaired) electrons. The maximum atomic E-state index is 11.9. The van der Waals surface area contributed by atoms with Gasteiger partial charge in [-0.3, -0.25) is 4.79 Å². The highest BCUT2D eigenvalue weighted by Crippen LogP contribution is 2.30. The highest BCUT2D eigenvalue weighted by atomic mass is 79.9. The lowest BCUT2D eigenvalue weighted by Crippen LogP contribution is -2.29. The Kier molecular flexibility index (Phi) is 4.49. The van der Waals surface area contributed by atoms with Gasteiger partial charge in [0.1, 0.15) is 5.75 Å². The molecule has 1 aromatic carbocycles. The monoisotopic (exact) mass is 333 g/mol. The molecule has 3 nitrogen and oxygen atoms in total. The van der Waals surface area contributed by atoms with Crippen molar-refractivity contribution >= 4 is 27.5 Å². The van der Waals surface area contributed by atoms with E-state index in [1.54, 1.807) is 5.32 Å². The van der Waals surface area contributed by atoms with Crippen molar-refractivity contribution < 1.29 is 31.5 Å². The zero-order chi connectivity index (χ0) is 13.9. The molecule has 1 rings (SSSR count). The van der Waals surface area contributed by atoms with Gasteiger partial charge in [0.15, 0.2) is 0 Å². The van der Waals surface area contributed by atoms with Crippen LogP contribution in [0.1, 0.15) is 0 Å². The van der Waals surface area contributed by atoms with Gasteiger partial charge in [0.2, 0.25) is 0 Å². The van der Waals surface area contributed by atoms with E-state index in [1.165, 1.54) is 0 Å². The molecule has 1 amide bonds. The number of rotatable bonds is 3. The fourth-order valence-corrected chi connectivity index (χ4v) is 1.44. The quantitative estimate of drug-likeness (QED) is 0.859. The summed E-state index contributed by atoms with van der Waals surface area (Å²) in [5.41, 5.74) is -0.203. The number of nitrogens with one attached hydrogen (secondary N) is 1. The number of anilines is 1. The molecule has 100 valence electrons. The Hall–Kier alpha value is -1.38. The van der Waals surface area contributed by atoms with E-state index in [-0.39, 0.29) is 15.9 Å². The Morgan fingerprint density at radius 2 is 1.94 bits per heavy atom. The van der Waals surface area contributed by atoms with Crippen molar-refractivity contribution in [3.8, 4) is 5.75 Å². The van der Waals surface area contributed by atoms with E-state index in [0.29, 0.717) is 0 Å². The van der Waals surface area contributed by atoms with Gasteiger partial charge in [0.25, 0.3) is 0 Å². The van der Waals surface area contributed by atoms with E-state index in [1.807, 2.05) is 0 Å². The first-order chi connectivity index (χ1) is 8.20. The Morgan fingerprint density at radius 3 is 2.39 bits per heavy atom. The van der Waals surface area contributed by atoms with E-state index in [4.69, 9.17) is 0 Å². The summed E-state index contributed by atoms with van der Waals surface area (Å²) in [6, 6.07) is 3.02. The number of halogens is 6. The average Bonchev–Trinajstić information content (AvgIpc) is 2.20. The van der Waals surface area contributed by atoms with E-state index in [2.05, 4.69) is 20.7 Å². The highest BCUT2D eigenvalue weighted by molar-refractivity contribution is 9.10. The fraction of sp³-hybridized carbons (Fsp3) is 0.222. The minimum atomic E-state index is -5.02. The minimum Gasteiger partial charge on any atom is -0.434 e. The molecule has 0 heterocycles. The Morgan fingerprint density at radius 1 is 1.33 bits per heavy atom. The third-order valence-corrected chi connectivity index (χ3v) is 2.28. The van der Waals surface area contributed by atoms with Crippen molar-refractivity contribution in [3.63, 3.8) is 0 Å². The summed E-state index contributed by atoms with van der Waals surface area (Å²) in [7, 11) is 0. The van der Waals surface area contributed by atoms with Gasteiger partial charge in [-0.25, -0.2) is 0 Å². The summed E-state index contributed by atoms with van der Waals surface area (Å²) in [6.45, 7) is -3.06. The van der Waals surface area contributed by atoms with Crippen molar-refractivity contribution in [3.05, 3.63) is 22.7 Å². The van der Waals surface area contributed by atoms with Gasteiger partial charge in [-0.1, -0.05) is 0 Å². The molecule has 0 atom stereocenters. The van der Waals surface area contributed by atoms with Crippen LogP contribution in [0.15, 0.2) is 22.7 Å². The Balaban J connectivity index is 2.82. The summed E-state index contributed by atoms with van der Waals surface area (Å²) in [4.78, 5) is 10.6. The molecule has 0 unspecified atom stereocenters. The molecule has 0 saturated carbocycles. The van der Waals surface area contributed by atoms with Gasteiger partial charge in [0, 0.05) is 5.69 Å². The lowest BCUT2D eigenvalue weighted by atomic mass is 10.3. The van der Waals surface area contributed by atoms with Crippen LogP contribution in [-0.2, 0) is 4.79 Å². The Bertz CT molecular complexity index is 449. The summed E-state index contributed by atoms with van der Waals surface area (Å²) in [5.74, 6) is -2.41. The maximum Gasteiger partial charge on any atom is 0.471 e. The number of amides is 1. The van der Waals surface area contributed by atoms with Crippen LogP contribution >= 0.6 is 15.9 Å². The average molecular weight is 334 g/mol. The molecular formula is C9H5BrF5NO2. The zero-order valence-electron chi connectivity index (χ0n) is 8.39. The normalized spacial score (nSPS) is 11.5. The van der Waals surface area contributed by atoms with Crippen molar-refractivity contribution in [1.29, 1.82) is 0 Å². The molecular weight excluding hydrogens is 329 g/mol. The van der Waals surface area contributed by atoms with Gasteiger partial charge in [-0.2, -0.15) is 22.0 Å². The second-order valence-corrected chi connectivity index (χ2v) is 3.83. The van der Waals surface area contributed by atoms with Gasteiger partial charge in [-0.15, -0.1) is 0 Å². The molecule has 0 aliphatic heterocycles. The number of carbonyl (C=O) groups excluding carboxylic acids is 1. The SMILES string of the molecule is O=C(Nc1ccc(OC(F)F)c(Br)c1)C(F)(F)F. The van der Waals surface area contributed by atoms with Crippen LogP contribution in [0, 0.1) is 0 Å². The molecule has 0 saturated heterocycles. The van der Waals surface area contributed by atoms with Crippen LogP contribution < -0.4 is 10.1 Å². The smallest absolute Gasteiger partial charge is 0.434 e. The van der Waals surface area contributed by atoms with Crippen LogP contribution in [0.4, 0.5) is 27.6 Å². The number of alkyl halides is 5. The first kappa shape index (κ1) is 14.7. The number of benzene rings is 1. The minimum absolute atomic E-state index is 0.0113. The molecule has 1 aromatic rings. The molecule has 0 aliphatic carbocycles.